The number of hydrogen-bond donors (Lipinski definition) is 0. The number of benzene rings is 2. The zero-order chi connectivity index (χ0) is 18.5. The molecule has 138 valence electrons. The summed E-state index contributed by atoms with van der Waals surface area (Å²) in [5.74, 6) is 0.699. The van der Waals surface area contributed by atoms with Gasteiger partial charge in [-0.05, 0) is 61.2 Å². The molecular weight excluding hydrogens is 394 g/mol. The summed E-state index contributed by atoms with van der Waals surface area (Å²) < 4.78 is 11.8. The smallest absolute Gasteiger partial charge is 0.307 e. The lowest BCUT2D eigenvalue weighted by Crippen LogP contribution is -2.31. The highest BCUT2D eigenvalue weighted by Gasteiger charge is 2.27. The number of hydrogen-bond acceptors (Lipinski definition) is 4. The lowest BCUT2D eigenvalue weighted by atomic mass is 10.1. The number of carbonyl (C=O) groups excluding carboxylic acids is 1. The molecule has 0 aliphatic carbocycles. The van der Waals surface area contributed by atoms with Crippen molar-refractivity contribution in [2.24, 2.45) is 0 Å². The Bertz CT molecular complexity index is 760. The van der Waals surface area contributed by atoms with Crippen molar-refractivity contribution in [3.8, 4) is 5.75 Å². The molecule has 5 heteroatoms. The predicted octanol–water partition coefficient (Wildman–Crippen LogP) is 4.87. The molecule has 0 aromatic heterocycles. The summed E-state index contributed by atoms with van der Waals surface area (Å²) >= 11 is 3.52. The van der Waals surface area contributed by atoms with E-state index < -0.39 is 0 Å². The standard InChI is InChI=1S/C21H24BrNO3/c1-15-12-16(5-10-20(15)22)14-26-19-8-6-17(7-9-19)23-11-3-4-18(23)13-21(24)25-2/h5-10,12,18H,3-4,11,13-14H2,1-2H3. The second kappa shape index (κ2) is 8.58. The van der Waals surface area contributed by atoms with E-state index in [1.165, 1.54) is 12.7 Å². The molecule has 1 aliphatic heterocycles. The Morgan fingerprint density at radius 2 is 2.00 bits per heavy atom. The number of rotatable bonds is 6. The number of anilines is 1. The first-order valence-electron chi connectivity index (χ1n) is 8.88. The van der Waals surface area contributed by atoms with E-state index in [0.29, 0.717) is 13.0 Å². The minimum Gasteiger partial charge on any atom is -0.489 e. The quantitative estimate of drug-likeness (QED) is 0.628. The summed E-state index contributed by atoms with van der Waals surface area (Å²) in [4.78, 5) is 13.9. The Morgan fingerprint density at radius 3 is 2.69 bits per heavy atom. The van der Waals surface area contributed by atoms with Crippen LogP contribution in [-0.2, 0) is 16.1 Å². The van der Waals surface area contributed by atoms with Gasteiger partial charge < -0.3 is 14.4 Å². The van der Waals surface area contributed by atoms with E-state index in [4.69, 9.17) is 9.47 Å². The highest BCUT2D eigenvalue weighted by atomic mass is 79.9. The minimum absolute atomic E-state index is 0.147. The van der Waals surface area contributed by atoms with Crippen LogP contribution < -0.4 is 9.64 Å². The first-order chi connectivity index (χ1) is 12.6. The van der Waals surface area contributed by atoms with E-state index in [0.717, 1.165) is 40.9 Å². The van der Waals surface area contributed by atoms with Gasteiger partial charge in [-0.2, -0.15) is 0 Å². The topological polar surface area (TPSA) is 38.8 Å². The van der Waals surface area contributed by atoms with Crippen LogP contribution in [0.25, 0.3) is 0 Å². The van der Waals surface area contributed by atoms with Crippen molar-refractivity contribution in [2.45, 2.75) is 38.8 Å². The molecule has 1 fully saturated rings. The zero-order valence-corrected chi connectivity index (χ0v) is 16.8. The van der Waals surface area contributed by atoms with E-state index in [1.807, 2.05) is 18.2 Å². The third kappa shape index (κ3) is 4.58. The normalized spacial score (nSPS) is 16.6. The largest absolute Gasteiger partial charge is 0.489 e. The van der Waals surface area contributed by atoms with Gasteiger partial charge in [0.1, 0.15) is 12.4 Å². The van der Waals surface area contributed by atoms with Gasteiger partial charge in [0.05, 0.1) is 13.5 Å². The molecule has 1 heterocycles. The Labute approximate surface area is 163 Å². The molecule has 0 radical (unpaired) electrons. The van der Waals surface area contributed by atoms with E-state index >= 15 is 0 Å². The monoisotopic (exact) mass is 417 g/mol. The molecule has 2 aromatic carbocycles. The number of esters is 1. The summed E-state index contributed by atoms with van der Waals surface area (Å²) in [5, 5.41) is 0. The lowest BCUT2D eigenvalue weighted by Gasteiger charge is -2.26. The maximum atomic E-state index is 11.6. The summed E-state index contributed by atoms with van der Waals surface area (Å²) in [7, 11) is 1.45. The molecule has 1 unspecified atom stereocenters. The zero-order valence-electron chi connectivity index (χ0n) is 15.2. The number of methoxy groups -OCH3 is 1. The molecule has 0 N–H and O–H groups in total. The van der Waals surface area contributed by atoms with Gasteiger partial charge in [-0.15, -0.1) is 0 Å². The van der Waals surface area contributed by atoms with Gasteiger partial charge in [0.2, 0.25) is 0 Å². The first kappa shape index (κ1) is 18.8. The van der Waals surface area contributed by atoms with Crippen LogP contribution in [0.2, 0.25) is 0 Å². The summed E-state index contributed by atoms with van der Waals surface area (Å²) in [6.07, 6.45) is 2.57. The van der Waals surface area contributed by atoms with Crippen LogP contribution in [0.3, 0.4) is 0 Å². The molecule has 0 saturated carbocycles. The molecule has 26 heavy (non-hydrogen) atoms. The molecular formula is C21H24BrNO3. The molecule has 1 atom stereocenters. The maximum absolute atomic E-state index is 11.6. The number of carbonyl (C=O) groups is 1. The summed E-state index contributed by atoms with van der Waals surface area (Å²) in [6.45, 7) is 3.59. The van der Waals surface area contributed by atoms with Crippen LogP contribution in [0.15, 0.2) is 46.9 Å². The summed E-state index contributed by atoms with van der Waals surface area (Å²) in [6, 6.07) is 14.6. The Morgan fingerprint density at radius 1 is 1.23 bits per heavy atom. The van der Waals surface area contributed by atoms with Crippen molar-refractivity contribution >= 4 is 27.6 Å². The number of nitrogens with zero attached hydrogens (tertiary/aromatic N) is 1. The van der Waals surface area contributed by atoms with Crippen molar-refractivity contribution in [3.63, 3.8) is 0 Å². The first-order valence-corrected chi connectivity index (χ1v) is 9.67. The van der Waals surface area contributed by atoms with Crippen molar-refractivity contribution in [1.82, 2.24) is 0 Å². The number of aryl methyl sites for hydroxylation is 1. The Kier molecular flexibility index (Phi) is 6.20. The van der Waals surface area contributed by atoms with Crippen LogP contribution >= 0.6 is 15.9 Å². The molecule has 4 nitrogen and oxygen atoms in total. The average molecular weight is 418 g/mol. The van der Waals surface area contributed by atoms with Gasteiger partial charge in [-0.1, -0.05) is 28.1 Å². The Balaban J connectivity index is 1.60. The maximum Gasteiger partial charge on any atom is 0.307 e. The van der Waals surface area contributed by atoms with Crippen molar-refractivity contribution in [3.05, 3.63) is 58.1 Å². The number of ether oxygens (including phenoxy) is 2. The summed E-state index contributed by atoms with van der Waals surface area (Å²) in [5.41, 5.74) is 3.47. The lowest BCUT2D eigenvalue weighted by molar-refractivity contribution is -0.140. The van der Waals surface area contributed by atoms with Crippen LogP contribution in [0.1, 0.15) is 30.4 Å². The average Bonchev–Trinajstić information content (AvgIpc) is 3.11. The third-order valence-electron chi connectivity index (χ3n) is 4.80. The fourth-order valence-electron chi connectivity index (χ4n) is 3.36. The van der Waals surface area contributed by atoms with Crippen LogP contribution in [0.4, 0.5) is 5.69 Å². The van der Waals surface area contributed by atoms with Gasteiger partial charge in [0, 0.05) is 22.7 Å². The van der Waals surface area contributed by atoms with Crippen LogP contribution in [0.5, 0.6) is 5.75 Å². The highest BCUT2D eigenvalue weighted by Crippen LogP contribution is 2.29. The molecule has 0 amide bonds. The fourth-order valence-corrected chi connectivity index (χ4v) is 3.61. The van der Waals surface area contributed by atoms with Crippen LogP contribution in [0, 0.1) is 6.92 Å². The van der Waals surface area contributed by atoms with E-state index in [-0.39, 0.29) is 12.0 Å². The fraction of sp³-hybridized carbons (Fsp3) is 0.381. The van der Waals surface area contributed by atoms with Crippen LogP contribution in [-0.4, -0.2) is 25.7 Å². The minimum atomic E-state index is -0.147. The third-order valence-corrected chi connectivity index (χ3v) is 5.69. The van der Waals surface area contributed by atoms with E-state index in [1.54, 1.807) is 0 Å². The predicted molar refractivity (Wildman–Crippen MR) is 107 cm³/mol. The van der Waals surface area contributed by atoms with Crippen molar-refractivity contribution in [1.29, 1.82) is 0 Å². The molecule has 3 rings (SSSR count). The van der Waals surface area contributed by atoms with E-state index in [9.17, 15) is 4.79 Å². The van der Waals surface area contributed by atoms with Crippen molar-refractivity contribution < 1.29 is 14.3 Å². The Hall–Kier alpha value is -2.01. The number of halogens is 1. The second-order valence-electron chi connectivity index (χ2n) is 6.64. The molecule has 0 bridgehead atoms. The van der Waals surface area contributed by atoms with Gasteiger partial charge in [-0.25, -0.2) is 0 Å². The van der Waals surface area contributed by atoms with Gasteiger partial charge in [0.15, 0.2) is 0 Å². The SMILES string of the molecule is COC(=O)CC1CCCN1c1ccc(OCc2ccc(Br)c(C)c2)cc1. The van der Waals surface area contributed by atoms with E-state index in [2.05, 4.69) is 52.0 Å². The molecule has 1 saturated heterocycles. The van der Waals surface area contributed by atoms with Crippen molar-refractivity contribution in [2.75, 3.05) is 18.6 Å². The van der Waals surface area contributed by atoms with Gasteiger partial charge in [0.25, 0.3) is 0 Å². The van der Waals surface area contributed by atoms with Gasteiger partial charge >= 0.3 is 5.97 Å². The van der Waals surface area contributed by atoms with Gasteiger partial charge in [-0.3, -0.25) is 4.79 Å². The molecule has 1 aliphatic rings. The second-order valence-corrected chi connectivity index (χ2v) is 7.49. The molecule has 2 aromatic rings. The molecule has 0 spiro atoms. The highest BCUT2D eigenvalue weighted by molar-refractivity contribution is 9.10.